The molecule has 0 bridgehead atoms. The van der Waals surface area contributed by atoms with Crippen molar-refractivity contribution in [2.24, 2.45) is 0 Å². The molecule has 3 heteroatoms. The summed E-state index contributed by atoms with van der Waals surface area (Å²) in [5, 5.41) is 4.68. The number of rotatable bonds is 8. The van der Waals surface area contributed by atoms with Gasteiger partial charge in [0, 0.05) is 23.5 Å². The Morgan fingerprint density at radius 2 is 1.95 bits per heavy atom. The molecule has 21 heavy (non-hydrogen) atoms. The lowest BCUT2D eigenvalue weighted by Crippen LogP contribution is -2.31. The molecule has 0 atom stereocenters. The van der Waals surface area contributed by atoms with Crippen molar-refractivity contribution in [2.75, 3.05) is 13.1 Å². The SMILES string of the molecule is CCCN(Cc1oc2ccccc2c1CNCC)C(C)C. The van der Waals surface area contributed by atoms with Gasteiger partial charge in [0.1, 0.15) is 11.3 Å². The molecule has 0 fully saturated rings. The maximum Gasteiger partial charge on any atom is 0.134 e. The number of nitrogens with one attached hydrogen (secondary N) is 1. The summed E-state index contributed by atoms with van der Waals surface area (Å²) < 4.78 is 6.14. The minimum Gasteiger partial charge on any atom is -0.459 e. The third-order valence-electron chi connectivity index (χ3n) is 3.92. The van der Waals surface area contributed by atoms with E-state index in [-0.39, 0.29) is 0 Å². The van der Waals surface area contributed by atoms with E-state index in [1.807, 2.05) is 6.07 Å². The Balaban J connectivity index is 2.32. The highest BCUT2D eigenvalue weighted by atomic mass is 16.3. The first-order valence-electron chi connectivity index (χ1n) is 8.11. The molecular formula is C18H28N2O. The molecule has 2 aromatic rings. The summed E-state index contributed by atoms with van der Waals surface area (Å²) in [7, 11) is 0. The van der Waals surface area contributed by atoms with Crippen LogP contribution in [0.15, 0.2) is 28.7 Å². The van der Waals surface area contributed by atoms with Gasteiger partial charge >= 0.3 is 0 Å². The topological polar surface area (TPSA) is 28.4 Å². The van der Waals surface area contributed by atoms with Crippen LogP contribution >= 0.6 is 0 Å². The minimum absolute atomic E-state index is 0.533. The normalized spacial score (nSPS) is 11.9. The molecule has 1 N–H and O–H groups in total. The molecule has 0 aliphatic heterocycles. The van der Waals surface area contributed by atoms with Crippen LogP contribution in [0.5, 0.6) is 0 Å². The quantitative estimate of drug-likeness (QED) is 0.790. The predicted molar refractivity (Wildman–Crippen MR) is 89.4 cm³/mol. The standard InChI is InChI=1S/C18H28N2O/c1-5-11-20(14(3)4)13-18-16(12-19-6-2)15-9-7-8-10-17(15)21-18/h7-10,14,19H,5-6,11-13H2,1-4H3. The zero-order chi connectivity index (χ0) is 15.2. The number of hydrogen-bond acceptors (Lipinski definition) is 3. The number of fused-ring (bicyclic) bond motifs is 1. The number of hydrogen-bond donors (Lipinski definition) is 1. The van der Waals surface area contributed by atoms with Crippen LogP contribution < -0.4 is 5.32 Å². The van der Waals surface area contributed by atoms with E-state index < -0.39 is 0 Å². The van der Waals surface area contributed by atoms with Crippen LogP contribution in [0.2, 0.25) is 0 Å². The Labute approximate surface area is 128 Å². The summed E-state index contributed by atoms with van der Waals surface area (Å²) in [5.74, 6) is 1.11. The molecule has 1 aromatic heterocycles. The average Bonchev–Trinajstić information content (AvgIpc) is 2.82. The maximum absolute atomic E-state index is 6.14. The Bertz CT molecular complexity index is 559. The van der Waals surface area contributed by atoms with E-state index >= 15 is 0 Å². The van der Waals surface area contributed by atoms with Crippen LogP contribution in [0.4, 0.5) is 0 Å². The Morgan fingerprint density at radius 1 is 1.19 bits per heavy atom. The first kappa shape index (κ1) is 16.1. The highest BCUT2D eigenvalue weighted by Crippen LogP contribution is 2.27. The van der Waals surface area contributed by atoms with E-state index in [0.717, 1.165) is 37.5 Å². The van der Waals surface area contributed by atoms with Crippen LogP contribution in [-0.2, 0) is 13.1 Å². The van der Waals surface area contributed by atoms with Gasteiger partial charge in [0.25, 0.3) is 0 Å². The maximum atomic E-state index is 6.14. The molecule has 2 rings (SSSR count). The molecule has 0 spiro atoms. The van der Waals surface area contributed by atoms with Crippen LogP contribution in [0, 0.1) is 0 Å². The van der Waals surface area contributed by atoms with Crippen LogP contribution in [0.25, 0.3) is 11.0 Å². The van der Waals surface area contributed by atoms with E-state index in [0.29, 0.717) is 6.04 Å². The molecule has 116 valence electrons. The Morgan fingerprint density at radius 3 is 2.62 bits per heavy atom. The van der Waals surface area contributed by atoms with Gasteiger partial charge < -0.3 is 9.73 Å². The summed E-state index contributed by atoms with van der Waals surface area (Å²) in [6.45, 7) is 12.7. The molecule has 0 saturated carbocycles. The molecule has 0 aliphatic rings. The third-order valence-corrected chi connectivity index (χ3v) is 3.92. The lowest BCUT2D eigenvalue weighted by atomic mass is 10.1. The lowest BCUT2D eigenvalue weighted by molar-refractivity contribution is 0.197. The first-order chi connectivity index (χ1) is 10.2. The molecule has 0 saturated heterocycles. The van der Waals surface area contributed by atoms with Crippen molar-refractivity contribution in [1.82, 2.24) is 10.2 Å². The number of benzene rings is 1. The van der Waals surface area contributed by atoms with Gasteiger partial charge in [-0.2, -0.15) is 0 Å². The third kappa shape index (κ3) is 3.86. The van der Waals surface area contributed by atoms with Gasteiger partial charge in [-0.25, -0.2) is 0 Å². The summed E-state index contributed by atoms with van der Waals surface area (Å²) in [4.78, 5) is 2.48. The van der Waals surface area contributed by atoms with Crippen molar-refractivity contribution in [3.05, 3.63) is 35.6 Å². The van der Waals surface area contributed by atoms with Crippen molar-refractivity contribution < 1.29 is 4.42 Å². The molecule has 0 unspecified atom stereocenters. The van der Waals surface area contributed by atoms with Crippen molar-refractivity contribution in [3.63, 3.8) is 0 Å². The van der Waals surface area contributed by atoms with Gasteiger partial charge in [-0.15, -0.1) is 0 Å². The monoisotopic (exact) mass is 288 g/mol. The summed E-state index contributed by atoms with van der Waals surface area (Å²) >= 11 is 0. The zero-order valence-electron chi connectivity index (χ0n) is 13.8. The summed E-state index contributed by atoms with van der Waals surface area (Å²) in [6.07, 6.45) is 1.17. The highest BCUT2D eigenvalue weighted by Gasteiger charge is 2.17. The second-order valence-corrected chi connectivity index (χ2v) is 5.84. The van der Waals surface area contributed by atoms with Gasteiger partial charge in [-0.3, -0.25) is 4.90 Å². The number of furan rings is 1. The van der Waals surface area contributed by atoms with Gasteiger partial charge in [-0.05, 0) is 39.4 Å². The van der Waals surface area contributed by atoms with Crippen molar-refractivity contribution in [2.45, 2.75) is 53.2 Å². The largest absolute Gasteiger partial charge is 0.459 e. The average molecular weight is 288 g/mol. The predicted octanol–water partition coefficient (Wildman–Crippen LogP) is 4.16. The molecule has 1 heterocycles. The molecule has 0 radical (unpaired) electrons. The van der Waals surface area contributed by atoms with Crippen molar-refractivity contribution >= 4 is 11.0 Å². The molecule has 0 aliphatic carbocycles. The van der Waals surface area contributed by atoms with Crippen LogP contribution in [-0.4, -0.2) is 24.0 Å². The van der Waals surface area contributed by atoms with Gasteiger partial charge in [0.2, 0.25) is 0 Å². The van der Waals surface area contributed by atoms with E-state index in [1.165, 1.54) is 17.4 Å². The van der Waals surface area contributed by atoms with Gasteiger partial charge in [0.15, 0.2) is 0 Å². The second kappa shape index (κ2) is 7.62. The van der Waals surface area contributed by atoms with E-state index in [4.69, 9.17) is 4.42 Å². The minimum atomic E-state index is 0.533. The Hall–Kier alpha value is -1.32. The van der Waals surface area contributed by atoms with Crippen molar-refractivity contribution in [3.8, 4) is 0 Å². The Kier molecular flexibility index (Phi) is 5.83. The fourth-order valence-corrected chi connectivity index (χ4v) is 2.71. The molecule has 0 amide bonds. The zero-order valence-corrected chi connectivity index (χ0v) is 13.8. The van der Waals surface area contributed by atoms with Gasteiger partial charge in [0.05, 0.1) is 6.54 Å². The highest BCUT2D eigenvalue weighted by molar-refractivity contribution is 5.82. The lowest BCUT2D eigenvalue weighted by Gasteiger charge is -2.25. The fraction of sp³-hybridized carbons (Fsp3) is 0.556. The van der Waals surface area contributed by atoms with E-state index in [1.54, 1.807) is 0 Å². The molecule has 3 nitrogen and oxygen atoms in total. The van der Waals surface area contributed by atoms with Crippen LogP contribution in [0.3, 0.4) is 0 Å². The van der Waals surface area contributed by atoms with E-state index in [9.17, 15) is 0 Å². The van der Waals surface area contributed by atoms with Crippen LogP contribution in [0.1, 0.15) is 45.4 Å². The molecular weight excluding hydrogens is 260 g/mol. The van der Waals surface area contributed by atoms with E-state index in [2.05, 4.69) is 56.1 Å². The number of nitrogens with zero attached hydrogens (tertiary/aromatic N) is 1. The first-order valence-corrected chi connectivity index (χ1v) is 8.11. The summed E-state index contributed by atoms with van der Waals surface area (Å²) in [6, 6.07) is 8.88. The van der Waals surface area contributed by atoms with Gasteiger partial charge in [-0.1, -0.05) is 32.0 Å². The van der Waals surface area contributed by atoms with Crippen molar-refractivity contribution in [1.29, 1.82) is 0 Å². The molecule has 1 aromatic carbocycles. The second-order valence-electron chi connectivity index (χ2n) is 5.84. The fourth-order valence-electron chi connectivity index (χ4n) is 2.71. The smallest absolute Gasteiger partial charge is 0.134 e. The number of para-hydroxylation sites is 1. The summed E-state index contributed by atoms with van der Waals surface area (Å²) in [5.41, 5.74) is 2.31.